The van der Waals surface area contributed by atoms with E-state index < -0.39 is 11.3 Å². The highest BCUT2D eigenvalue weighted by molar-refractivity contribution is 6.21. The number of amides is 5. The first-order valence-electron chi connectivity index (χ1n) is 11.0. The maximum absolute atomic E-state index is 13.1. The lowest BCUT2D eigenvalue weighted by Gasteiger charge is -2.29. The summed E-state index contributed by atoms with van der Waals surface area (Å²) in [4.78, 5) is 66.6. The van der Waals surface area contributed by atoms with Gasteiger partial charge in [0.15, 0.2) is 0 Å². The van der Waals surface area contributed by atoms with Gasteiger partial charge in [-0.2, -0.15) is 0 Å². The molecule has 2 aliphatic rings. The molecule has 2 heterocycles. The molecule has 2 N–H and O–H groups in total. The second-order valence-electron chi connectivity index (χ2n) is 9.19. The smallest absolute Gasteiger partial charge is 0.261 e. The molecule has 0 bridgehead atoms. The van der Waals surface area contributed by atoms with Gasteiger partial charge < -0.3 is 9.80 Å². The molecule has 0 spiro atoms. The number of likely N-dealkylation sites (N-methyl/N-ethyl adjacent to an activating group) is 1. The number of nitrogens with zero attached hydrogens (tertiary/aromatic N) is 3. The van der Waals surface area contributed by atoms with Crippen molar-refractivity contribution in [2.24, 2.45) is 11.3 Å². The molecule has 0 radical (unpaired) electrons. The van der Waals surface area contributed by atoms with Gasteiger partial charge in [-0.3, -0.25) is 34.1 Å². The molecule has 1 aromatic carbocycles. The van der Waals surface area contributed by atoms with Crippen LogP contribution in [-0.4, -0.2) is 82.7 Å². The van der Waals surface area contributed by atoms with Crippen molar-refractivity contribution in [2.75, 3.05) is 33.2 Å². The van der Waals surface area contributed by atoms with Crippen LogP contribution in [0.2, 0.25) is 0 Å². The van der Waals surface area contributed by atoms with Crippen LogP contribution in [-0.2, 0) is 14.4 Å². The Labute approximate surface area is 192 Å². The SMILES string of the molecule is CC(C)CC1(CC(=O)NO)CCN(CC(=O)N(C)CCN2C(=O)c3ccccc3C2=O)C1=O. The Bertz CT molecular complexity index is 942. The molecule has 178 valence electrons. The zero-order chi connectivity index (χ0) is 24.3. The predicted octanol–water partition coefficient (Wildman–Crippen LogP) is 0.901. The fourth-order valence-corrected chi connectivity index (χ4v) is 4.70. The van der Waals surface area contributed by atoms with Gasteiger partial charge in [0, 0.05) is 33.1 Å². The Morgan fingerprint density at radius 2 is 1.76 bits per heavy atom. The van der Waals surface area contributed by atoms with Crippen LogP contribution in [0.5, 0.6) is 0 Å². The average Bonchev–Trinajstić information content (AvgIpc) is 3.20. The summed E-state index contributed by atoms with van der Waals surface area (Å²) < 4.78 is 0. The highest BCUT2D eigenvalue weighted by Crippen LogP contribution is 2.41. The highest BCUT2D eigenvalue weighted by Gasteiger charge is 2.48. The third-order valence-corrected chi connectivity index (χ3v) is 6.31. The molecule has 33 heavy (non-hydrogen) atoms. The van der Waals surface area contributed by atoms with Gasteiger partial charge in [-0.25, -0.2) is 5.48 Å². The minimum atomic E-state index is -0.944. The first-order valence-corrected chi connectivity index (χ1v) is 11.0. The van der Waals surface area contributed by atoms with E-state index in [1.807, 2.05) is 13.8 Å². The maximum Gasteiger partial charge on any atom is 0.261 e. The second kappa shape index (κ2) is 9.70. The molecule has 5 amide bonds. The summed E-state index contributed by atoms with van der Waals surface area (Å²) in [6, 6.07) is 6.59. The molecule has 10 heteroatoms. The van der Waals surface area contributed by atoms with E-state index in [9.17, 15) is 24.0 Å². The van der Waals surface area contributed by atoms with Gasteiger partial charge in [-0.1, -0.05) is 26.0 Å². The van der Waals surface area contributed by atoms with Crippen molar-refractivity contribution in [1.82, 2.24) is 20.2 Å². The largest absolute Gasteiger partial charge is 0.342 e. The maximum atomic E-state index is 13.1. The van der Waals surface area contributed by atoms with Crippen LogP contribution in [0.1, 0.15) is 53.8 Å². The molecule has 0 saturated carbocycles. The van der Waals surface area contributed by atoms with Gasteiger partial charge in [0.05, 0.1) is 23.1 Å². The number of fused-ring (bicyclic) bond motifs is 1. The number of likely N-dealkylation sites (tertiary alicyclic amines) is 1. The van der Waals surface area contributed by atoms with Crippen LogP contribution in [0.25, 0.3) is 0 Å². The average molecular weight is 459 g/mol. The molecular formula is C23H30N4O6. The van der Waals surface area contributed by atoms with Crippen LogP contribution in [0.15, 0.2) is 24.3 Å². The highest BCUT2D eigenvalue weighted by atomic mass is 16.5. The summed E-state index contributed by atoms with van der Waals surface area (Å²) in [5.41, 5.74) is 1.36. The number of hydrogen-bond acceptors (Lipinski definition) is 6. The molecule has 1 saturated heterocycles. The molecule has 0 aliphatic carbocycles. The number of nitrogens with one attached hydrogen (secondary N) is 1. The van der Waals surface area contributed by atoms with Crippen LogP contribution >= 0.6 is 0 Å². The van der Waals surface area contributed by atoms with E-state index in [-0.39, 0.29) is 55.6 Å². The predicted molar refractivity (Wildman–Crippen MR) is 117 cm³/mol. The summed E-state index contributed by atoms with van der Waals surface area (Å²) >= 11 is 0. The number of imide groups is 1. The molecule has 1 unspecified atom stereocenters. The van der Waals surface area contributed by atoms with Gasteiger partial charge in [0.25, 0.3) is 11.8 Å². The van der Waals surface area contributed by atoms with Crippen LogP contribution in [0, 0.1) is 11.3 Å². The van der Waals surface area contributed by atoms with Crippen molar-refractivity contribution in [3.05, 3.63) is 35.4 Å². The molecule has 3 rings (SSSR count). The number of carbonyl (C=O) groups is 5. The molecule has 1 fully saturated rings. The molecule has 2 aliphatic heterocycles. The Balaban J connectivity index is 1.59. The summed E-state index contributed by atoms with van der Waals surface area (Å²) in [5, 5.41) is 8.92. The number of rotatable bonds is 9. The third-order valence-electron chi connectivity index (χ3n) is 6.31. The monoisotopic (exact) mass is 458 g/mol. The van der Waals surface area contributed by atoms with E-state index in [1.165, 1.54) is 9.80 Å². The lowest BCUT2D eigenvalue weighted by molar-refractivity contribution is -0.145. The van der Waals surface area contributed by atoms with Gasteiger partial charge in [0.2, 0.25) is 17.7 Å². The Morgan fingerprint density at radius 1 is 1.15 bits per heavy atom. The van der Waals surface area contributed by atoms with Gasteiger partial charge in [0.1, 0.15) is 0 Å². The summed E-state index contributed by atoms with van der Waals surface area (Å²) in [5.74, 6) is -1.85. The van der Waals surface area contributed by atoms with Crippen LogP contribution in [0.3, 0.4) is 0 Å². The van der Waals surface area contributed by atoms with Crippen molar-refractivity contribution >= 4 is 29.5 Å². The lowest BCUT2D eigenvalue weighted by atomic mass is 9.76. The lowest BCUT2D eigenvalue weighted by Crippen LogP contribution is -2.45. The molecule has 1 aromatic rings. The minimum absolute atomic E-state index is 0.0521. The normalized spacial score (nSPS) is 20.0. The fourth-order valence-electron chi connectivity index (χ4n) is 4.70. The quantitative estimate of drug-likeness (QED) is 0.322. The van der Waals surface area contributed by atoms with E-state index in [0.717, 1.165) is 4.90 Å². The first-order chi connectivity index (χ1) is 15.6. The third kappa shape index (κ3) is 4.90. The minimum Gasteiger partial charge on any atom is -0.342 e. The topological polar surface area (TPSA) is 127 Å². The van der Waals surface area contributed by atoms with E-state index in [2.05, 4.69) is 0 Å². The molecule has 1 atom stereocenters. The zero-order valence-corrected chi connectivity index (χ0v) is 19.2. The fraction of sp³-hybridized carbons (Fsp3) is 0.522. The zero-order valence-electron chi connectivity index (χ0n) is 19.2. The second-order valence-corrected chi connectivity index (χ2v) is 9.19. The van der Waals surface area contributed by atoms with E-state index in [4.69, 9.17) is 5.21 Å². The number of benzene rings is 1. The van der Waals surface area contributed by atoms with Gasteiger partial charge in [-0.15, -0.1) is 0 Å². The van der Waals surface area contributed by atoms with Crippen molar-refractivity contribution < 1.29 is 29.2 Å². The Morgan fingerprint density at radius 3 is 2.30 bits per heavy atom. The molecule has 10 nitrogen and oxygen atoms in total. The van der Waals surface area contributed by atoms with Crippen LogP contribution in [0.4, 0.5) is 0 Å². The number of hydrogen-bond donors (Lipinski definition) is 2. The van der Waals surface area contributed by atoms with Crippen molar-refractivity contribution in [3.63, 3.8) is 0 Å². The van der Waals surface area contributed by atoms with Gasteiger partial charge in [-0.05, 0) is 30.9 Å². The summed E-state index contributed by atoms with van der Waals surface area (Å²) in [7, 11) is 1.56. The number of carbonyl (C=O) groups excluding carboxylic acids is 5. The molecular weight excluding hydrogens is 428 g/mol. The van der Waals surface area contributed by atoms with E-state index in [0.29, 0.717) is 30.5 Å². The van der Waals surface area contributed by atoms with Crippen molar-refractivity contribution in [1.29, 1.82) is 0 Å². The van der Waals surface area contributed by atoms with E-state index in [1.54, 1.807) is 36.8 Å². The Kier molecular flexibility index (Phi) is 7.16. The number of hydroxylamine groups is 1. The van der Waals surface area contributed by atoms with E-state index >= 15 is 0 Å². The standard InChI is InChI=1S/C23H30N4O6/c1-15(2)12-23(13-18(28)24-33)8-9-26(22(23)32)14-19(29)25(3)10-11-27-20(30)16-6-4-5-7-17(16)21(27)31/h4-7,15,33H,8-14H2,1-3H3,(H,24,28). The summed E-state index contributed by atoms with van der Waals surface area (Å²) in [6.45, 7) is 4.27. The Hall–Kier alpha value is -3.27. The first kappa shape index (κ1) is 24.4. The molecule has 0 aromatic heterocycles. The van der Waals surface area contributed by atoms with Crippen LogP contribution < -0.4 is 5.48 Å². The van der Waals surface area contributed by atoms with Gasteiger partial charge >= 0.3 is 0 Å². The van der Waals surface area contributed by atoms with Crippen molar-refractivity contribution in [3.8, 4) is 0 Å². The van der Waals surface area contributed by atoms with Crippen molar-refractivity contribution in [2.45, 2.75) is 33.1 Å². The summed E-state index contributed by atoms with van der Waals surface area (Å²) in [6.07, 6.45) is 0.754.